The molecule has 1 aliphatic carbocycles. The molecule has 0 aromatic carbocycles. The maximum atomic E-state index is 3.80. The number of nitrogens with one attached hydrogen (secondary N) is 1. The Hall–Kier alpha value is -0.0800. The number of rotatable bonds is 8. The van der Waals surface area contributed by atoms with Gasteiger partial charge in [-0.25, -0.2) is 0 Å². The van der Waals surface area contributed by atoms with Crippen molar-refractivity contribution in [3.8, 4) is 0 Å². The summed E-state index contributed by atoms with van der Waals surface area (Å²) in [5, 5.41) is 3.80. The number of hydrogen-bond donors (Lipinski definition) is 1. The first-order valence-corrected chi connectivity index (χ1v) is 8.88. The molecule has 0 unspecified atom stereocenters. The summed E-state index contributed by atoms with van der Waals surface area (Å²) in [6, 6.07) is 0. The van der Waals surface area contributed by atoms with Crippen molar-refractivity contribution in [1.29, 1.82) is 0 Å². The molecular weight excluding hydrogens is 244 g/mol. The molecule has 0 aliphatic heterocycles. The van der Waals surface area contributed by atoms with E-state index in [4.69, 9.17) is 0 Å². The highest BCUT2D eigenvalue weighted by atomic mass is 15.1. The van der Waals surface area contributed by atoms with Gasteiger partial charge in [0.25, 0.3) is 0 Å². The highest BCUT2D eigenvalue weighted by Gasteiger charge is 2.34. The Morgan fingerprint density at radius 2 is 1.50 bits per heavy atom. The van der Waals surface area contributed by atoms with Gasteiger partial charge in [0, 0.05) is 18.6 Å². The summed E-state index contributed by atoms with van der Waals surface area (Å²) < 4.78 is 0. The Morgan fingerprint density at radius 1 is 0.950 bits per heavy atom. The second-order valence-corrected chi connectivity index (χ2v) is 7.94. The van der Waals surface area contributed by atoms with Crippen LogP contribution in [0.3, 0.4) is 0 Å². The average Bonchev–Trinajstić information content (AvgIpc) is 2.38. The molecule has 1 rings (SSSR count). The molecule has 1 saturated carbocycles. The first-order chi connectivity index (χ1) is 9.41. The minimum atomic E-state index is 0.241. The monoisotopic (exact) mass is 282 g/mol. The van der Waals surface area contributed by atoms with Gasteiger partial charge in [-0.1, -0.05) is 33.1 Å². The van der Waals surface area contributed by atoms with Crippen LogP contribution in [0.15, 0.2) is 0 Å². The predicted octanol–water partition coefficient (Wildman–Crippen LogP) is 4.45. The van der Waals surface area contributed by atoms with E-state index in [-0.39, 0.29) is 5.54 Å². The van der Waals surface area contributed by atoms with Gasteiger partial charge in [0.15, 0.2) is 0 Å². The first-order valence-electron chi connectivity index (χ1n) is 8.88. The quantitative estimate of drug-likeness (QED) is 0.707. The van der Waals surface area contributed by atoms with Gasteiger partial charge in [0.2, 0.25) is 0 Å². The molecule has 120 valence electrons. The lowest BCUT2D eigenvalue weighted by molar-refractivity contribution is 0.0945. The van der Waals surface area contributed by atoms with Gasteiger partial charge in [-0.05, 0) is 65.0 Å². The van der Waals surface area contributed by atoms with E-state index >= 15 is 0 Å². The van der Waals surface area contributed by atoms with Crippen LogP contribution in [0.5, 0.6) is 0 Å². The lowest BCUT2D eigenvalue weighted by Gasteiger charge is -2.43. The summed E-state index contributed by atoms with van der Waals surface area (Å²) in [6.45, 7) is 16.5. The van der Waals surface area contributed by atoms with E-state index in [0.717, 1.165) is 0 Å². The summed E-state index contributed by atoms with van der Waals surface area (Å²) in [6.07, 6.45) is 9.69. The Morgan fingerprint density at radius 3 is 1.95 bits per heavy atom. The fourth-order valence-electron chi connectivity index (χ4n) is 3.52. The lowest BCUT2D eigenvalue weighted by atomic mass is 9.73. The van der Waals surface area contributed by atoms with Crippen LogP contribution in [-0.2, 0) is 0 Å². The molecule has 0 amide bonds. The van der Waals surface area contributed by atoms with Crippen LogP contribution >= 0.6 is 0 Å². The normalized spacial score (nSPS) is 19.5. The zero-order chi connectivity index (χ0) is 15.1. The van der Waals surface area contributed by atoms with E-state index in [9.17, 15) is 0 Å². The van der Waals surface area contributed by atoms with E-state index in [0.29, 0.717) is 5.41 Å². The third-order valence-corrected chi connectivity index (χ3v) is 4.55. The van der Waals surface area contributed by atoms with Gasteiger partial charge in [0.05, 0.1) is 0 Å². The molecule has 0 saturated heterocycles. The number of nitrogens with zero attached hydrogens (tertiary/aromatic N) is 1. The molecule has 0 atom stereocenters. The largest absolute Gasteiger partial charge is 0.311 e. The highest BCUT2D eigenvalue weighted by Crippen LogP contribution is 2.37. The molecule has 0 radical (unpaired) electrons. The molecule has 20 heavy (non-hydrogen) atoms. The highest BCUT2D eigenvalue weighted by molar-refractivity contribution is 4.90. The fraction of sp³-hybridized carbons (Fsp3) is 1.00. The molecule has 0 heterocycles. The lowest BCUT2D eigenvalue weighted by Crippen LogP contribution is -2.50. The second-order valence-electron chi connectivity index (χ2n) is 7.94. The van der Waals surface area contributed by atoms with Crippen molar-refractivity contribution in [2.75, 3.05) is 26.2 Å². The van der Waals surface area contributed by atoms with Crippen LogP contribution in [0, 0.1) is 5.41 Å². The molecular formula is C18H38N2. The second kappa shape index (κ2) is 8.38. The van der Waals surface area contributed by atoms with Gasteiger partial charge >= 0.3 is 0 Å². The Kier molecular flexibility index (Phi) is 7.53. The van der Waals surface area contributed by atoms with E-state index in [1.54, 1.807) is 0 Å². The van der Waals surface area contributed by atoms with Gasteiger partial charge in [-0.3, -0.25) is 0 Å². The van der Waals surface area contributed by atoms with E-state index in [1.807, 2.05) is 0 Å². The maximum Gasteiger partial charge on any atom is 0.00967 e. The predicted molar refractivity (Wildman–Crippen MR) is 90.3 cm³/mol. The Balaban J connectivity index is 2.65. The summed E-state index contributed by atoms with van der Waals surface area (Å²) in [4.78, 5) is 2.72. The van der Waals surface area contributed by atoms with E-state index in [2.05, 4.69) is 44.8 Å². The van der Waals surface area contributed by atoms with Crippen molar-refractivity contribution in [1.82, 2.24) is 10.2 Å². The van der Waals surface area contributed by atoms with Crippen molar-refractivity contribution in [2.45, 2.75) is 85.1 Å². The van der Waals surface area contributed by atoms with Crippen LogP contribution in [-0.4, -0.2) is 36.6 Å². The van der Waals surface area contributed by atoms with Gasteiger partial charge in [-0.2, -0.15) is 0 Å². The van der Waals surface area contributed by atoms with Crippen LogP contribution in [0.1, 0.15) is 79.6 Å². The van der Waals surface area contributed by atoms with Crippen molar-refractivity contribution in [3.63, 3.8) is 0 Å². The SMILES string of the molecule is CCCN(CCC)CC1(CNC(C)(C)C)CCCCC1. The fourth-order valence-corrected chi connectivity index (χ4v) is 3.52. The molecule has 0 aromatic rings. The molecule has 0 spiro atoms. The van der Waals surface area contributed by atoms with Crippen molar-refractivity contribution in [3.05, 3.63) is 0 Å². The topological polar surface area (TPSA) is 15.3 Å². The van der Waals surface area contributed by atoms with Crippen LogP contribution < -0.4 is 5.32 Å². The van der Waals surface area contributed by atoms with Crippen molar-refractivity contribution in [2.24, 2.45) is 5.41 Å². The van der Waals surface area contributed by atoms with Gasteiger partial charge in [-0.15, -0.1) is 0 Å². The smallest absolute Gasteiger partial charge is 0.00967 e. The van der Waals surface area contributed by atoms with Crippen molar-refractivity contribution < 1.29 is 0 Å². The standard InChI is InChI=1S/C18H38N2/c1-6-13-20(14-7-2)16-18(11-9-8-10-12-18)15-19-17(3,4)5/h19H,6-16H2,1-5H3. The third kappa shape index (κ3) is 6.58. The molecule has 1 N–H and O–H groups in total. The summed E-state index contributed by atoms with van der Waals surface area (Å²) in [5.41, 5.74) is 0.765. The zero-order valence-electron chi connectivity index (χ0n) is 14.7. The average molecular weight is 283 g/mol. The minimum absolute atomic E-state index is 0.241. The summed E-state index contributed by atoms with van der Waals surface area (Å²) >= 11 is 0. The molecule has 2 heteroatoms. The molecule has 1 aliphatic rings. The Bertz CT molecular complexity index is 243. The first kappa shape index (κ1) is 18.0. The van der Waals surface area contributed by atoms with Crippen molar-refractivity contribution >= 4 is 0 Å². The number of hydrogen-bond acceptors (Lipinski definition) is 2. The molecule has 1 fully saturated rings. The van der Waals surface area contributed by atoms with Crippen LogP contribution in [0.2, 0.25) is 0 Å². The van der Waals surface area contributed by atoms with Gasteiger partial charge in [0.1, 0.15) is 0 Å². The summed E-state index contributed by atoms with van der Waals surface area (Å²) in [5.74, 6) is 0. The van der Waals surface area contributed by atoms with Gasteiger partial charge < -0.3 is 10.2 Å². The van der Waals surface area contributed by atoms with E-state index < -0.39 is 0 Å². The molecule has 2 nitrogen and oxygen atoms in total. The molecule has 0 bridgehead atoms. The maximum absolute atomic E-state index is 3.80. The summed E-state index contributed by atoms with van der Waals surface area (Å²) in [7, 11) is 0. The Labute approximate surface area is 127 Å². The van der Waals surface area contributed by atoms with Crippen LogP contribution in [0.4, 0.5) is 0 Å². The third-order valence-electron chi connectivity index (χ3n) is 4.55. The van der Waals surface area contributed by atoms with E-state index in [1.165, 1.54) is 71.1 Å². The molecule has 0 aromatic heterocycles. The van der Waals surface area contributed by atoms with Crippen LogP contribution in [0.25, 0.3) is 0 Å². The minimum Gasteiger partial charge on any atom is -0.311 e. The zero-order valence-corrected chi connectivity index (χ0v) is 14.7.